The molecule has 1 saturated heterocycles. The number of halogens is 1. The molecule has 1 aliphatic heterocycles. The van der Waals surface area contributed by atoms with E-state index in [1.807, 2.05) is 13.0 Å². The molecule has 1 unspecified atom stereocenters. The van der Waals surface area contributed by atoms with E-state index in [0.717, 1.165) is 35.9 Å². The Labute approximate surface area is 121 Å². The van der Waals surface area contributed by atoms with Gasteiger partial charge in [-0.2, -0.15) is 0 Å². The summed E-state index contributed by atoms with van der Waals surface area (Å²) in [5.41, 5.74) is 8.13. The van der Waals surface area contributed by atoms with Gasteiger partial charge in [0, 0.05) is 25.2 Å². The van der Waals surface area contributed by atoms with Crippen LogP contribution in [0.15, 0.2) is 18.2 Å². The van der Waals surface area contributed by atoms with Crippen molar-refractivity contribution in [2.24, 2.45) is 5.73 Å². The van der Waals surface area contributed by atoms with Crippen molar-refractivity contribution >= 4 is 17.3 Å². The van der Waals surface area contributed by atoms with Gasteiger partial charge in [-0.15, -0.1) is 0 Å². The van der Waals surface area contributed by atoms with Crippen molar-refractivity contribution in [3.63, 3.8) is 0 Å². The lowest BCUT2D eigenvalue weighted by atomic mass is 10.1. The molecule has 2 rings (SSSR count). The van der Waals surface area contributed by atoms with Crippen LogP contribution in [0.25, 0.3) is 0 Å². The van der Waals surface area contributed by atoms with E-state index in [1.54, 1.807) is 0 Å². The van der Waals surface area contributed by atoms with Crippen molar-refractivity contribution in [1.29, 1.82) is 0 Å². The SMILES string of the molecule is CC1CN(C)CCCN1c1ccc([C@@H](C)N)cc1Cl. The van der Waals surface area contributed by atoms with Gasteiger partial charge in [-0.25, -0.2) is 0 Å². The highest BCUT2D eigenvalue weighted by atomic mass is 35.5. The molecule has 1 aliphatic rings. The van der Waals surface area contributed by atoms with Crippen LogP contribution < -0.4 is 10.6 Å². The molecule has 2 N–H and O–H groups in total. The predicted molar refractivity (Wildman–Crippen MR) is 83.0 cm³/mol. The van der Waals surface area contributed by atoms with E-state index in [0.29, 0.717) is 6.04 Å². The Hall–Kier alpha value is -0.770. The Morgan fingerprint density at radius 1 is 1.37 bits per heavy atom. The average molecular weight is 282 g/mol. The van der Waals surface area contributed by atoms with Gasteiger partial charge in [0.15, 0.2) is 0 Å². The van der Waals surface area contributed by atoms with Gasteiger partial charge in [0.25, 0.3) is 0 Å². The minimum Gasteiger partial charge on any atom is -0.366 e. The molecule has 1 heterocycles. The van der Waals surface area contributed by atoms with Crippen LogP contribution in [0.5, 0.6) is 0 Å². The van der Waals surface area contributed by atoms with Gasteiger partial charge in [-0.1, -0.05) is 17.7 Å². The second kappa shape index (κ2) is 6.12. The molecule has 0 aromatic heterocycles. The van der Waals surface area contributed by atoms with Crippen LogP contribution in [-0.4, -0.2) is 37.6 Å². The molecule has 1 fully saturated rings. The minimum atomic E-state index is 0.0271. The monoisotopic (exact) mass is 281 g/mol. The molecule has 0 aliphatic carbocycles. The minimum absolute atomic E-state index is 0.0271. The van der Waals surface area contributed by atoms with E-state index >= 15 is 0 Å². The third-order valence-corrected chi connectivity index (χ3v) is 4.16. The van der Waals surface area contributed by atoms with Crippen LogP contribution in [-0.2, 0) is 0 Å². The van der Waals surface area contributed by atoms with Crippen LogP contribution in [0.1, 0.15) is 31.9 Å². The summed E-state index contributed by atoms with van der Waals surface area (Å²) in [6.45, 7) is 7.52. The highest BCUT2D eigenvalue weighted by Crippen LogP contribution is 2.30. The Morgan fingerprint density at radius 2 is 2.11 bits per heavy atom. The van der Waals surface area contributed by atoms with Crippen molar-refractivity contribution in [3.8, 4) is 0 Å². The molecule has 1 aromatic carbocycles. The molecular formula is C15H24ClN3. The summed E-state index contributed by atoms with van der Waals surface area (Å²) < 4.78 is 0. The average Bonchev–Trinajstić information content (AvgIpc) is 2.50. The lowest BCUT2D eigenvalue weighted by Gasteiger charge is -2.31. The molecule has 0 amide bonds. The first kappa shape index (κ1) is 14.6. The zero-order valence-electron chi connectivity index (χ0n) is 12.1. The van der Waals surface area contributed by atoms with E-state index in [9.17, 15) is 0 Å². The van der Waals surface area contributed by atoms with E-state index < -0.39 is 0 Å². The number of benzene rings is 1. The Bertz CT molecular complexity index is 433. The van der Waals surface area contributed by atoms with E-state index in [4.69, 9.17) is 17.3 Å². The normalized spacial score (nSPS) is 23.2. The second-order valence-electron chi connectivity index (χ2n) is 5.66. The number of hydrogen-bond acceptors (Lipinski definition) is 3. The lowest BCUT2D eigenvalue weighted by Crippen LogP contribution is -2.38. The number of anilines is 1. The molecule has 0 spiro atoms. The largest absolute Gasteiger partial charge is 0.366 e. The van der Waals surface area contributed by atoms with Crippen LogP contribution in [0.2, 0.25) is 5.02 Å². The number of nitrogens with two attached hydrogens (primary N) is 1. The van der Waals surface area contributed by atoms with E-state index in [-0.39, 0.29) is 6.04 Å². The molecular weight excluding hydrogens is 258 g/mol. The molecule has 4 heteroatoms. The van der Waals surface area contributed by atoms with Crippen molar-refractivity contribution in [3.05, 3.63) is 28.8 Å². The van der Waals surface area contributed by atoms with Crippen molar-refractivity contribution in [1.82, 2.24) is 4.90 Å². The van der Waals surface area contributed by atoms with E-state index in [1.165, 1.54) is 6.42 Å². The van der Waals surface area contributed by atoms with Crippen molar-refractivity contribution < 1.29 is 0 Å². The molecule has 0 bridgehead atoms. The van der Waals surface area contributed by atoms with Gasteiger partial charge in [-0.3, -0.25) is 0 Å². The zero-order valence-corrected chi connectivity index (χ0v) is 12.8. The Morgan fingerprint density at radius 3 is 2.74 bits per heavy atom. The molecule has 106 valence electrons. The summed E-state index contributed by atoms with van der Waals surface area (Å²) in [6.07, 6.45) is 1.17. The summed E-state index contributed by atoms with van der Waals surface area (Å²) in [6, 6.07) is 6.71. The maximum absolute atomic E-state index is 6.45. The predicted octanol–water partition coefficient (Wildman–Crippen LogP) is 2.89. The Balaban J connectivity index is 2.25. The van der Waals surface area contributed by atoms with Crippen LogP contribution >= 0.6 is 11.6 Å². The van der Waals surface area contributed by atoms with Crippen LogP contribution in [0.3, 0.4) is 0 Å². The smallest absolute Gasteiger partial charge is 0.0643 e. The first-order valence-corrected chi connectivity index (χ1v) is 7.37. The standard InChI is InChI=1S/C15H24ClN3/c1-11-10-18(3)7-4-8-19(11)15-6-5-13(12(2)17)9-14(15)16/h5-6,9,11-12H,4,7-8,10,17H2,1-3H3/t11?,12-/m1/s1. The highest BCUT2D eigenvalue weighted by Gasteiger charge is 2.21. The molecule has 0 saturated carbocycles. The first-order chi connectivity index (χ1) is 8.99. The summed E-state index contributed by atoms with van der Waals surface area (Å²) in [7, 11) is 2.18. The Kier molecular flexibility index (Phi) is 4.71. The summed E-state index contributed by atoms with van der Waals surface area (Å²) >= 11 is 6.45. The number of likely N-dealkylation sites (N-methyl/N-ethyl adjacent to an activating group) is 1. The van der Waals surface area contributed by atoms with Gasteiger partial charge < -0.3 is 15.5 Å². The van der Waals surface area contributed by atoms with Gasteiger partial charge in [0.1, 0.15) is 0 Å². The summed E-state index contributed by atoms with van der Waals surface area (Å²) in [5.74, 6) is 0. The van der Waals surface area contributed by atoms with Gasteiger partial charge in [0.05, 0.1) is 10.7 Å². The van der Waals surface area contributed by atoms with Gasteiger partial charge in [-0.05, 0) is 51.6 Å². The molecule has 2 atom stereocenters. The molecule has 0 radical (unpaired) electrons. The fraction of sp³-hybridized carbons (Fsp3) is 0.600. The number of hydrogen-bond donors (Lipinski definition) is 1. The first-order valence-electron chi connectivity index (χ1n) is 6.99. The topological polar surface area (TPSA) is 32.5 Å². The summed E-state index contributed by atoms with van der Waals surface area (Å²) in [5, 5.41) is 0.811. The van der Waals surface area contributed by atoms with Crippen LogP contribution in [0.4, 0.5) is 5.69 Å². The molecule has 1 aromatic rings. The number of nitrogens with zero attached hydrogens (tertiary/aromatic N) is 2. The molecule has 3 nitrogen and oxygen atoms in total. The third-order valence-electron chi connectivity index (χ3n) is 3.85. The molecule has 19 heavy (non-hydrogen) atoms. The third kappa shape index (κ3) is 3.41. The lowest BCUT2D eigenvalue weighted by molar-refractivity contribution is 0.337. The zero-order chi connectivity index (χ0) is 14.0. The second-order valence-corrected chi connectivity index (χ2v) is 6.06. The van der Waals surface area contributed by atoms with E-state index in [2.05, 4.69) is 35.9 Å². The highest BCUT2D eigenvalue weighted by molar-refractivity contribution is 6.33. The summed E-state index contributed by atoms with van der Waals surface area (Å²) in [4.78, 5) is 4.80. The van der Waals surface area contributed by atoms with Crippen molar-refractivity contribution in [2.45, 2.75) is 32.4 Å². The maximum atomic E-state index is 6.45. The quantitative estimate of drug-likeness (QED) is 0.905. The number of rotatable bonds is 2. The van der Waals surface area contributed by atoms with Crippen LogP contribution in [0, 0.1) is 0 Å². The fourth-order valence-corrected chi connectivity index (χ4v) is 3.07. The fourth-order valence-electron chi connectivity index (χ4n) is 2.77. The maximum Gasteiger partial charge on any atom is 0.0643 e. The van der Waals surface area contributed by atoms with Gasteiger partial charge in [0.2, 0.25) is 0 Å². The van der Waals surface area contributed by atoms with Gasteiger partial charge >= 0.3 is 0 Å². The van der Waals surface area contributed by atoms with Crippen molar-refractivity contribution in [2.75, 3.05) is 31.6 Å².